The molecule has 0 radical (unpaired) electrons. The van der Waals surface area contributed by atoms with Crippen molar-refractivity contribution >= 4 is 27.5 Å². The molecule has 0 aliphatic carbocycles. The molecule has 4 heteroatoms. The molecular formula is C14H11BrClFO. The van der Waals surface area contributed by atoms with E-state index in [1.54, 1.807) is 18.2 Å². The first-order chi connectivity index (χ1) is 8.61. The maximum atomic E-state index is 13.6. The van der Waals surface area contributed by atoms with Gasteiger partial charge >= 0.3 is 0 Å². The lowest BCUT2D eigenvalue weighted by molar-refractivity contribution is 0.470. The molecule has 0 N–H and O–H groups in total. The van der Waals surface area contributed by atoms with Crippen LogP contribution in [-0.2, 0) is 5.33 Å². The molecule has 1 nitrogen and oxygen atoms in total. The highest BCUT2D eigenvalue weighted by atomic mass is 79.9. The van der Waals surface area contributed by atoms with Crippen molar-refractivity contribution < 1.29 is 9.13 Å². The minimum atomic E-state index is -0.298. The Morgan fingerprint density at radius 3 is 2.72 bits per heavy atom. The van der Waals surface area contributed by atoms with Crippen molar-refractivity contribution in [1.29, 1.82) is 0 Å². The van der Waals surface area contributed by atoms with Crippen molar-refractivity contribution in [3.05, 3.63) is 58.4 Å². The first-order valence-electron chi connectivity index (χ1n) is 5.39. The van der Waals surface area contributed by atoms with Crippen LogP contribution in [-0.4, -0.2) is 0 Å². The van der Waals surface area contributed by atoms with Gasteiger partial charge in [-0.15, -0.1) is 0 Å². The van der Waals surface area contributed by atoms with Crippen LogP contribution in [0.1, 0.15) is 11.1 Å². The number of ether oxygens (including phenoxy) is 1. The fourth-order valence-corrected chi connectivity index (χ4v) is 2.27. The van der Waals surface area contributed by atoms with Crippen LogP contribution in [0.4, 0.5) is 4.39 Å². The number of benzene rings is 2. The molecular weight excluding hydrogens is 319 g/mol. The van der Waals surface area contributed by atoms with E-state index in [-0.39, 0.29) is 5.82 Å². The maximum Gasteiger partial charge on any atom is 0.146 e. The van der Waals surface area contributed by atoms with Gasteiger partial charge in [-0.3, -0.25) is 0 Å². The van der Waals surface area contributed by atoms with E-state index in [4.69, 9.17) is 16.3 Å². The van der Waals surface area contributed by atoms with Crippen molar-refractivity contribution in [1.82, 2.24) is 0 Å². The second-order valence-corrected chi connectivity index (χ2v) is 4.85. The van der Waals surface area contributed by atoms with Crippen LogP contribution in [0.15, 0.2) is 36.4 Å². The molecule has 0 heterocycles. The Hall–Kier alpha value is -1.06. The van der Waals surface area contributed by atoms with Gasteiger partial charge in [-0.2, -0.15) is 0 Å². The van der Waals surface area contributed by atoms with Crippen LogP contribution in [0.3, 0.4) is 0 Å². The first kappa shape index (κ1) is 13.4. The highest BCUT2D eigenvalue weighted by Gasteiger charge is 2.11. The average molecular weight is 330 g/mol. The molecule has 2 aromatic rings. The molecule has 0 bridgehead atoms. The summed E-state index contributed by atoms with van der Waals surface area (Å²) in [5, 5.41) is 0.892. The molecule has 0 spiro atoms. The molecule has 0 saturated carbocycles. The molecule has 94 valence electrons. The molecule has 0 saturated heterocycles. The number of hydrogen-bond acceptors (Lipinski definition) is 1. The zero-order chi connectivity index (χ0) is 13.1. The van der Waals surface area contributed by atoms with Crippen LogP contribution in [0.25, 0.3) is 0 Å². The summed E-state index contributed by atoms with van der Waals surface area (Å²) >= 11 is 9.30. The quantitative estimate of drug-likeness (QED) is 0.678. The van der Waals surface area contributed by atoms with Crippen molar-refractivity contribution in [3.8, 4) is 11.5 Å². The lowest BCUT2D eigenvalue weighted by atomic mass is 10.2. The minimum absolute atomic E-state index is 0.298. The Morgan fingerprint density at radius 1 is 1.22 bits per heavy atom. The molecule has 0 aliphatic rings. The van der Waals surface area contributed by atoms with Crippen molar-refractivity contribution in [2.45, 2.75) is 12.3 Å². The van der Waals surface area contributed by atoms with Gasteiger partial charge in [0.1, 0.15) is 17.3 Å². The van der Waals surface area contributed by atoms with Crippen LogP contribution < -0.4 is 4.74 Å². The van der Waals surface area contributed by atoms with E-state index in [0.29, 0.717) is 27.4 Å². The van der Waals surface area contributed by atoms with Gasteiger partial charge in [0.15, 0.2) is 0 Å². The van der Waals surface area contributed by atoms with Gasteiger partial charge in [-0.05, 0) is 36.8 Å². The van der Waals surface area contributed by atoms with E-state index >= 15 is 0 Å². The monoisotopic (exact) mass is 328 g/mol. The standard InChI is InChI=1S/C14H11BrClFO/c1-9-5-6-11(16)14(7-9)18-13-4-2-3-12(17)10(13)8-15/h2-7H,8H2,1H3. The zero-order valence-corrected chi connectivity index (χ0v) is 12.1. The van der Waals surface area contributed by atoms with Gasteiger partial charge in [0.25, 0.3) is 0 Å². The Labute approximate surface area is 119 Å². The largest absolute Gasteiger partial charge is 0.455 e. The van der Waals surface area contributed by atoms with Crippen molar-refractivity contribution in [3.63, 3.8) is 0 Å². The Morgan fingerprint density at radius 2 is 2.00 bits per heavy atom. The molecule has 0 aliphatic heterocycles. The smallest absolute Gasteiger partial charge is 0.146 e. The highest BCUT2D eigenvalue weighted by molar-refractivity contribution is 9.08. The fraction of sp³-hybridized carbons (Fsp3) is 0.143. The molecule has 0 aromatic heterocycles. The summed E-state index contributed by atoms with van der Waals surface area (Å²) in [6.07, 6.45) is 0. The number of hydrogen-bond donors (Lipinski definition) is 0. The zero-order valence-electron chi connectivity index (χ0n) is 9.71. The van der Waals surface area contributed by atoms with Crippen LogP contribution in [0, 0.1) is 12.7 Å². The number of rotatable bonds is 3. The van der Waals surface area contributed by atoms with Gasteiger partial charge in [0, 0.05) is 10.9 Å². The lowest BCUT2D eigenvalue weighted by Crippen LogP contribution is -1.93. The summed E-state index contributed by atoms with van der Waals surface area (Å²) in [6.45, 7) is 1.94. The topological polar surface area (TPSA) is 9.23 Å². The second kappa shape index (κ2) is 5.72. The van der Waals surface area contributed by atoms with Gasteiger partial charge in [0.05, 0.1) is 5.02 Å². The van der Waals surface area contributed by atoms with Crippen molar-refractivity contribution in [2.24, 2.45) is 0 Å². The van der Waals surface area contributed by atoms with E-state index in [1.807, 2.05) is 19.1 Å². The fourth-order valence-electron chi connectivity index (χ4n) is 1.57. The number of aryl methyl sites for hydroxylation is 1. The third kappa shape index (κ3) is 2.85. The normalized spacial score (nSPS) is 10.4. The number of halogens is 3. The third-order valence-electron chi connectivity index (χ3n) is 2.52. The molecule has 0 atom stereocenters. The molecule has 0 unspecified atom stereocenters. The lowest BCUT2D eigenvalue weighted by Gasteiger charge is -2.12. The molecule has 2 rings (SSSR count). The summed E-state index contributed by atoms with van der Waals surface area (Å²) in [5.41, 5.74) is 1.52. The van der Waals surface area contributed by atoms with Gasteiger partial charge in [-0.1, -0.05) is 39.7 Å². The second-order valence-electron chi connectivity index (χ2n) is 3.89. The minimum Gasteiger partial charge on any atom is -0.455 e. The maximum absolute atomic E-state index is 13.6. The van der Waals surface area contributed by atoms with Crippen LogP contribution >= 0.6 is 27.5 Å². The van der Waals surface area contributed by atoms with Gasteiger partial charge < -0.3 is 4.74 Å². The molecule has 0 amide bonds. The van der Waals surface area contributed by atoms with Gasteiger partial charge in [-0.25, -0.2) is 4.39 Å². The Balaban J connectivity index is 2.40. The Bertz CT molecular complexity index is 572. The third-order valence-corrected chi connectivity index (χ3v) is 3.39. The predicted molar refractivity (Wildman–Crippen MR) is 75.3 cm³/mol. The predicted octanol–water partition coefficient (Wildman–Crippen LogP) is 5.47. The molecule has 0 fully saturated rings. The SMILES string of the molecule is Cc1ccc(Cl)c(Oc2cccc(F)c2CBr)c1. The van der Waals surface area contributed by atoms with E-state index in [1.165, 1.54) is 6.07 Å². The summed E-state index contributed by atoms with van der Waals surface area (Å²) in [5.74, 6) is 0.706. The summed E-state index contributed by atoms with van der Waals surface area (Å²) in [7, 11) is 0. The summed E-state index contributed by atoms with van der Waals surface area (Å²) in [6, 6.07) is 10.2. The van der Waals surface area contributed by atoms with E-state index in [2.05, 4.69) is 15.9 Å². The molecule has 2 aromatic carbocycles. The van der Waals surface area contributed by atoms with E-state index in [9.17, 15) is 4.39 Å². The van der Waals surface area contributed by atoms with E-state index < -0.39 is 0 Å². The number of alkyl halides is 1. The van der Waals surface area contributed by atoms with Crippen molar-refractivity contribution in [2.75, 3.05) is 0 Å². The summed E-state index contributed by atoms with van der Waals surface area (Å²) < 4.78 is 19.3. The van der Waals surface area contributed by atoms with Crippen LogP contribution in [0.2, 0.25) is 5.02 Å². The van der Waals surface area contributed by atoms with Gasteiger partial charge in [0.2, 0.25) is 0 Å². The highest BCUT2D eigenvalue weighted by Crippen LogP contribution is 2.33. The average Bonchev–Trinajstić information content (AvgIpc) is 2.34. The van der Waals surface area contributed by atoms with Crippen LogP contribution in [0.5, 0.6) is 11.5 Å². The Kier molecular flexibility index (Phi) is 4.25. The molecule has 18 heavy (non-hydrogen) atoms. The first-order valence-corrected chi connectivity index (χ1v) is 6.89. The van der Waals surface area contributed by atoms with E-state index in [0.717, 1.165) is 5.56 Å². The summed E-state index contributed by atoms with van der Waals surface area (Å²) in [4.78, 5) is 0.